The monoisotopic (exact) mass is 646 g/mol. The average molecular weight is 648 g/mol. The highest BCUT2D eigenvalue weighted by atomic mass is 35.5. The highest BCUT2D eigenvalue weighted by Crippen LogP contribution is 2.45. The Bertz CT molecular complexity index is 1410. The molecule has 0 saturated carbocycles. The van der Waals surface area contributed by atoms with E-state index in [2.05, 4.69) is 10.2 Å². The maximum atomic E-state index is 13.4. The molecule has 2 heterocycles. The van der Waals surface area contributed by atoms with E-state index in [1.807, 2.05) is 24.3 Å². The van der Waals surface area contributed by atoms with Crippen molar-refractivity contribution in [3.8, 4) is 0 Å². The molecule has 10 nitrogen and oxygen atoms in total. The Morgan fingerprint density at radius 2 is 1.52 bits per heavy atom. The van der Waals surface area contributed by atoms with E-state index in [1.165, 1.54) is 14.2 Å². The number of carboxylic acid groups (broad SMARTS) is 1. The lowest BCUT2D eigenvalue weighted by atomic mass is 9.78. The van der Waals surface area contributed by atoms with E-state index in [9.17, 15) is 19.5 Å². The van der Waals surface area contributed by atoms with Crippen LogP contribution in [-0.2, 0) is 46.4 Å². The Kier molecular flexibility index (Phi) is 12.2. The van der Waals surface area contributed by atoms with Gasteiger partial charge in [-0.05, 0) is 36.1 Å². The lowest BCUT2D eigenvalue weighted by Crippen LogP contribution is -2.38. The summed E-state index contributed by atoms with van der Waals surface area (Å²) in [6.45, 7) is 5.04. The molecule has 2 N–H and O–H groups in total. The molecular weight excluding hydrogens is 611 g/mol. The maximum Gasteiger partial charge on any atom is 0.336 e. The summed E-state index contributed by atoms with van der Waals surface area (Å²) in [5.74, 6) is -3.86. The van der Waals surface area contributed by atoms with Crippen LogP contribution < -0.4 is 5.32 Å². The van der Waals surface area contributed by atoms with Crippen LogP contribution in [0.2, 0.25) is 10.0 Å². The molecule has 44 heavy (non-hydrogen) atoms. The number of carbonyl (C=O) groups excluding carboxylic acids is 2. The van der Waals surface area contributed by atoms with Crippen LogP contribution in [0.3, 0.4) is 0 Å². The van der Waals surface area contributed by atoms with Gasteiger partial charge in [-0.3, -0.25) is 9.69 Å². The number of allylic oxidation sites excluding steroid dienone is 1. The molecule has 4 rings (SSSR count). The first-order valence-corrected chi connectivity index (χ1v) is 15.0. The number of aliphatic carboxylic acids is 1. The number of methoxy groups -OCH3 is 2. The number of benzene rings is 2. The minimum Gasteiger partial charge on any atom is -0.481 e. The number of morpholine rings is 1. The van der Waals surface area contributed by atoms with Gasteiger partial charge < -0.3 is 29.4 Å². The van der Waals surface area contributed by atoms with Crippen molar-refractivity contribution in [1.82, 2.24) is 10.2 Å². The van der Waals surface area contributed by atoms with Gasteiger partial charge in [0.15, 0.2) is 0 Å². The minimum atomic E-state index is -1.18. The number of carboxylic acids is 1. The number of nitrogens with one attached hydrogen (secondary N) is 1. The number of esters is 2. The molecule has 12 heteroatoms. The van der Waals surface area contributed by atoms with Crippen molar-refractivity contribution in [2.45, 2.75) is 31.8 Å². The van der Waals surface area contributed by atoms with Gasteiger partial charge in [-0.2, -0.15) is 0 Å². The molecule has 2 aromatic carbocycles. The molecule has 0 spiro atoms. The van der Waals surface area contributed by atoms with Crippen LogP contribution >= 0.6 is 23.2 Å². The van der Waals surface area contributed by atoms with Crippen LogP contribution in [0.25, 0.3) is 0 Å². The van der Waals surface area contributed by atoms with Gasteiger partial charge in [0, 0.05) is 46.6 Å². The number of halogens is 2. The number of rotatable bonds is 13. The predicted octanol–water partition coefficient (Wildman–Crippen LogP) is 4.49. The highest BCUT2D eigenvalue weighted by molar-refractivity contribution is 6.36. The molecule has 236 valence electrons. The zero-order valence-electron chi connectivity index (χ0n) is 24.7. The molecule has 2 aromatic rings. The van der Waals surface area contributed by atoms with E-state index < -0.39 is 30.2 Å². The number of carbonyl (C=O) groups is 3. The zero-order valence-corrected chi connectivity index (χ0v) is 26.2. The third-order valence-corrected chi connectivity index (χ3v) is 8.29. The van der Waals surface area contributed by atoms with Crippen molar-refractivity contribution in [3.63, 3.8) is 0 Å². The molecule has 0 aromatic heterocycles. The molecule has 1 saturated heterocycles. The Labute approximate surface area is 266 Å². The van der Waals surface area contributed by atoms with Gasteiger partial charge in [0.1, 0.15) is 0 Å². The fourth-order valence-corrected chi connectivity index (χ4v) is 6.09. The zero-order chi connectivity index (χ0) is 31.6. The average Bonchev–Trinajstić information content (AvgIpc) is 3.02. The van der Waals surface area contributed by atoms with Crippen molar-refractivity contribution in [3.05, 3.63) is 91.7 Å². The van der Waals surface area contributed by atoms with E-state index in [1.54, 1.807) is 18.2 Å². The van der Waals surface area contributed by atoms with Crippen LogP contribution in [0, 0.1) is 0 Å². The molecule has 2 aliphatic heterocycles. The summed E-state index contributed by atoms with van der Waals surface area (Å²) in [5.41, 5.74) is 2.74. The molecule has 0 radical (unpaired) electrons. The molecular formula is C32H36Cl2N2O8. The second-order valence-electron chi connectivity index (χ2n) is 10.3. The molecule has 1 atom stereocenters. The maximum absolute atomic E-state index is 13.4. The minimum absolute atomic E-state index is 0.0766. The van der Waals surface area contributed by atoms with Crippen molar-refractivity contribution in [2.24, 2.45) is 0 Å². The van der Waals surface area contributed by atoms with Gasteiger partial charge in [-0.25, -0.2) is 9.59 Å². The van der Waals surface area contributed by atoms with Crippen LogP contribution in [0.5, 0.6) is 0 Å². The molecule has 1 fully saturated rings. The fraction of sp³-hybridized carbons (Fsp3) is 0.406. The van der Waals surface area contributed by atoms with E-state index in [4.69, 9.17) is 42.1 Å². The summed E-state index contributed by atoms with van der Waals surface area (Å²) in [4.78, 5) is 40.8. The first kappa shape index (κ1) is 33.5. The van der Waals surface area contributed by atoms with Gasteiger partial charge >= 0.3 is 17.9 Å². The van der Waals surface area contributed by atoms with Crippen LogP contribution in [0.4, 0.5) is 0 Å². The second kappa shape index (κ2) is 16.1. The number of hydrogen-bond acceptors (Lipinski definition) is 9. The largest absolute Gasteiger partial charge is 0.481 e. The van der Waals surface area contributed by atoms with Gasteiger partial charge in [0.2, 0.25) is 0 Å². The van der Waals surface area contributed by atoms with Crippen LogP contribution in [0.15, 0.2) is 65.0 Å². The smallest absolute Gasteiger partial charge is 0.336 e. The van der Waals surface area contributed by atoms with Gasteiger partial charge in [-0.1, -0.05) is 53.5 Å². The first-order chi connectivity index (χ1) is 21.2. The lowest BCUT2D eigenvalue weighted by molar-refractivity contribution is -0.137. The fourth-order valence-electron chi connectivity index (χ4n) is 5.48. The van der Waals surface area contributed by atoms with Crippen molar-refractivity contribution in [2.75, 3.05) is 53.7 Å². The highest BCUT2D eigenvalue weighted by Gasteiger charge is 2.41. The second-order valence-corrected chi connectivity index (χ2v) is 11.1. The van der Waals surface area contributed by atoms with E-state index in [0.717, 1.165) is 44.0 Å². The first-order valence-electron chi connectivity index (χ1n) is 14.2. The van der Waals surface area contributed by atoms with Crippen molar-refractivity contribution < 1.29 is 38.4 Å². The summed E-state index contributed by atoms with van der Waals surface area (Å²) in [7, 11) is 2.41. The van der Waals surface area contributed by atoms with Crippen LogP contribution in [0.1, 0.15) is 35.4 Å². The summed E-state index contributed by atoms with van der Waals surface area (Å²) in [6.07, 6.45) is 0.225. The summed E-state index contributed by atoms with van der Waals surface area (Å²) >= 11 is 13.2. The van der Waals surface area contributed by atoms with Crippen molar-refractivity contribution >= 4 is 41.1 Å². The Morgan fingerprint density at radius 3 is 2.14 bits per heavy atom. The molecule has 0 aliphatic carbocycles. The molecule has 1 unspecified atom stereocenters. The predicted molar refractivity (Wildman–Crippen MR) is 164 cm³/mol. The number of nitrogens with zero attached hydrogens (tertiary/aromatic N) is 1. The van der Waals surface area contributed by atoms with Gasteiger partial charge in [0.05, 0.1) is 64.1 Å². The third kappa shape index (κ3) is 8.19. The molecule has 2 aliphatic rings. The number of hydrogen-bond donors (Lipinski definition) is 2. The third-order valence-electron chi connectivity index (χ3n) is 7.63. The number of aryl methyl sites for hydroxylation is 1. The Morgan fingerprint density at radius 1 is 0.909 bits per heavy atom. The van der Waals surface area contributed by atoms with Crippen LogP contribution in [-0.4, -0.2) is 81.6 Å². The van der Waals surface area contributed by atoms with Crippen molar-refractivity contribution in [1.29, 1.82) is 0 Å². The summed E-state index contributed by atoms with van der Waals surface area (Å²) in [6, 6.07) is 12.6. The topological polar surface area (TPSA) is 124 Å². The van der Waals surface area contributed by atoms with Gasteiger partial charge in [-0.15, -0.1) is 0 Å². The molecule has 0 amide bonds. The molecule has 0 bridgehead atoms. The van der Waals surface area contributed by atoms with E-state index >= 15 is 0 Å². The number of dihydropyridines is 1. The summed E-state index contributed by atoms with van der Waals surface area (Å²) in [5, 5.41) is 13.2. The standard InChI is InChI=1S/C32H36Cl2N2O8/c1-41-31(39)28-24(11-10-20-6-3-4-7-21(20)19-44-17-14-36-12-15-43-16-13-36)35-25(18-26(37)38)29(32(40)42-2)30(28)27-22(33)8-5-9-23(27)34/h3-9,30,35H,10-19H2,1-2H3,(H,37,38). The van der Waals surface area contributed by atoms with Gasteiger partial charge in [0.25, 0.3) is 0 Å². The lowest BCUT2D eigenvalue weighted by Gasteiger charge is -2.33. The van der Waals surface area contributed by atoms with E-state index in [0.29, 0.717) is 25.3 Å². The SMILES string of the molecule is COC(=O)C1=C(CCc2ccccc2COCCN2CCOCC2)NC(CC(=O)O)=C(C(=O)OC)C1c1c(Cl)cccc1Cl. The Balaban J connectivity index is 1.67. The quantitative estimate of drug-likeness (QED) is 0.238. The number of ether oxygens (including phenoxy) is 4. The Hall–Kier alpha value is -3.41. The normalized spacial score (nSPS) is 17.3. The van der Waals surface area contributed by atoms with E-state index in [-0.39, 0.29) is 38.9 Å². The summed E-state index contributed by atoms with van der Waals surface area (Å²) < 4.78 is 21.6.